The number of para-hydroxylation sites is 1. The molecule has 0 atom stereocenters. The Hall–Kier alpha value is -3.61. The largest absolute Gasteiger partial charge is 0.368 e. The molecule has 1 fully saturated rings. The lowest BCUT2D eigenvalue weighted by molar-refractivity contribution is -0.131. The van der Waals surface area contributed by atoms with Gasteiger partial charge in [0.05, 0.1) is 0 Å². The van der Waals surface area contributed by atoms with Crippen molar-refractivity contribution >= 4 is 28.3 Å². The minimum atomic E-state index is -0.341. The molecule has 160 valence electrons. The average Bonchev–Trinajstić information content (AvgIpc) is 2.82. The fourth-order valence-corrected chi connectivity index (χ4v) is 3.88. The van der Waals surface area contributed by atoms with Gasteiger partial charge in [0.25, 0.3) is 11.5 Å². The van der Waals surface area contributed by atoms with E-state index in [9.17, 15) is 14.4 Å². The van der Waals surface area contributed by atoms with Gasteiger partial charge in [-0.15, -0.1) is 0 Å². The summed E-state index contributed by atoms with van der Waals surface area (Å²) in [5.74, 6) is -0.229. The monoisotopic (exact) mass is 418 g/mol. The molecule has 2 heterocycles. The SMILES string of the molecule is O=C(NCCCC(=O)N1CCN(c2ccccc2)CC1)c1cc2ccccc2c(=O)[nH]1. The van der Waals surface area contributed by atoms with Gasteiger partial charge < -0.3 is 20.1 Å². The van der Waals surface area contributed by atoms with Gasteiger partial charge in [0.1, 0.15) is 5.69 Å². The molecule has 7 heteroatoms. The van der Waals surface area contributed by atoms with Crippen LogP contribution >= 0.6 is 0 Å². The third-order valence-corrected chi connectivity index (χ3v) is 5.60. The van der Waals surface area contributed by atoms with Crippen molar-refractivity contribution in [3.8, 4) is 0 Å². The van der Waals surface area contributed by atoms with E-state index in [0.29, 0.717) is 37.9 Å². The molecule has 0 aliphatic carbocycles. The Labute approximate surface area is 180 Å². The van der Waals surface area contributed by atoms with E-state index in [4.69, 9.17) is 0 Å². The number of anilines is 1. The quantitative estimate of drug-likeness (QED) is 0.602. The van der Waals surface area contributed by atoms with Gasteiger partial charge in [-0.2, -0.15) is 0 Å². The number of hydrogen-bond donors (Lipinski definition) is 2. The van der Waals surface area contributed by atoms with Gasteiger partial charge in [0.2, 0.25) is 5.91 Å². The summed E-state index contributed by atoms with van der Waals surface area (Å²) in [6, 6.07) is 19.0. The number of carbonyl (C=O) groups excluding carboxylic acids is 2. The second kappa shape index (κ2) is 9.47. The lowest BCUT2D eigenvalue weighted by Gasteiger charge is -2.36. The number of hydrogen-bond acceptors (Lipinski definition) is 4. The Morgan fingerprint density at radius 1 is 0.935 bits per heavy atom. The van der Waals surface area contributed by atoms with Gasteiger partial charge in [-0.1, -0.05) is 36.4 Å². The van der Waals surface area contributed by atoms with E-state index < -0.39 is 0 Å². The first kappa shape index (κ1) is 20.7. The molecule has 1 saturated heterocycles. The van der Waals surface area contributed by atoms with Crippen molar-refractivity contribution < 1.29 is 9.59 Å². The first-order chi connectivity index (χ1) is 15.1. The van der Waals surface area contributed by atoms with Crippen LogP contribution in [0.15, 0.2) is 65.5 Å². The highest BCUT2D eigenvalue weighted by molar-refractivity contribution is 5.96. The summed E-state index contributed by atoms with van der Waals surface area (Å²) in [5, 5.41) is 4.07. The van der Waals surface area contributed by atoms with Crippen molar-refractivity contribution in [3.05, 3.63) is 76.7 Å². The fourth-order valence-electron chi connectivity index (χ4n) is 3.88. The lowest BCUT2D eigenvalue weighted by atomic mass is 10.1. The predicted molar refractivity (Wildman–Crippen MR) is 121 cm³/mol. The third-order valence-electron chi connectivity index (χ3n) is 5.60. The number of benzene rings is 2. The molecule has 1 aromatic heterocycles. The van der Waals surface area contributed by atoms with Crippen molar-refractivity contribution in [2.75, 3.05) is 37.6 Å². The number of aromatic nitrogens is 1. The second-order valence-corrected chi connectivity index (χ2v) is 7.66. The first-order valence-corrected chi connectivity index (χ1v) is 10.6. The van der Waals surface area contributed by atoms with Crippen molar-refractivity contribution in [1.29, 1.82) is 0 Å². The van der Waals surface area contributed by atoms with Crippen molar-refractivity contribution in [2.45, 2.75) is 12.8 Å². The number of rotatable bonds is 6. The molecule has 0 unspecified atom stereocenters. The normalized spacial score (nSPS) is 13.9. The van der Waals surface area contributed by atoms with Crippen LogP contribution in [0.2, 0.25) is 0 Å². The predicted octanol–water partition coefficient (Wildman–Crippen LogP) is 2.39. The zero-order valence-electron chi connectivity index (χ0n) is 17.3. The molecule has 0 radical (unpaired) electrons. The molecular weight excluding hydrogens is 392 g/mol. The highest BCUT2D eigenvalue weighted by atomic mass is 16.2. The maximum Gasteiger partial charge on any atom is 0.267 e. The number of fused-ring (bicyclic) bond motifs is 1. The summed E-state index contributed by atoms with van der Waals surface area (Å²) in [5.41, 5.74) is 1.13. The van der Waals surface area contributed by atoms with Crippen LogP contribution in [0.4, 0.5) is 5.69 Å². The maximum atomic E-state index is 12.5. The third kappa shape index (κ3) is 4.94. The highest BCUT2D eigenvalue weighted by Gasteiger charge is 2.20. The number of nitrogens with zero attached hydrogens (tertiary/aromatic N) is 2. The van der Waals surface area contributed by atoms with E-state index >= 15 is 0 Å². The van der Waals surface area contributed by atoms with Gasteiger partial charge in [0, 0.05) is 50.2 Å². The smallest absolute Gasteiger partial charge is 0.267 e. The van der Waals surface area contributed by atoms with Gasteiger partial charge in [0.15, 0.2) is 0 Å². The average molecular weight is 418 g/mol. The number of H-pyrrole nitrogens is 1. The lowest BCUT2D eigenvalue weighted by Crippen LogP contribution is -2.48. The van der Waals surface area contributed by atoms with Crippen LogP contribution in [-0.2, 0) is 4.79 Å². The molecule has 0 spiro atoms. The fraction of sp³-hybridized carbons (Fsp3) is 0.292. The number of nitrogens with one attached hydrogen (secondary N) is 2. The van der Waals surface area contributed by atoms with Crippen LogP contribution in [0, 0.1) is 0 Å². The Kier molecular flexibility index (Phi) is 6.31. The first-order valence-electron chi connectivity index (χ1n) is 10.6. The number of piperazine rings is 1. The van der Waals surface area contributed by atoms with E-state index in [1.165, 1.54) is 5.69 Å². The van der Waals surface area contributed by atoms with Crippen LogP contribution in [0.5, 0.6) is 0 Å². The van der Waals surface area contributed by atoms with Crippen molar-refractivity contribution in [3.63, 3.8) is 0 Å². The van der Waals surface area contributed by atoms with Crippen LogP contribution in [0.3, 0.4) is 0 Å². The minimum Gasteiger partial charge on any atom is -0.368 e. The zero-order valence-corrected chi connectivity index (χ0v) is 17.3. The van der Waals surface area contributed by atoms with E-state index in [0.717, 1.165) is 18.5 Å². The van der Waals surface area contributed by atoms with Gasteiger partial charge in [-0.25, -0.2) is 0 Å². The van der Waals surface area contributed by atoms with Gasteiger partial charge >= 0.3 is 0 Å². The van der Waals surface area contributed by atoms with Crippen LogP contribution < -0.4 is 15.8 Å². The number of aromatic amines is 1. The van der Waals surface area contributed by atoms with Crippen LogP contribution in [-0.4, -0.2) is 54.4 Å². The van der Waals surface area contributed by atoms with Crippen LogP contribution in [0.1, 0.15) is 23.3 Å². The van der Waals surface area contributed by atoms with Crippen molar-refractivity contribution in [2.24, 2.45) is 0 Å². The summed E-state index contributed by atoms with van der Waals surface area (Å²) in [6.07, 6.45) is 0.946. The molecule has 0 saturated carbocycles. The van der Waals surface area contributed by atoms with E-state index in [-0.39, 0.29) is 23.1 Å². The molecule has 0 bridgehead atoms. The number of pyridine rings is 1. The molecule has 2 N–H and O–H groups in total. The number of carbonyl (C=O) groups is 2. The molecule has 3 aromatic rings. The summed E-state index contributed by atoms with van der Waals surface area (Å²) in [4.78, 5) is 43.8. The maximum absolute atomic E-state index is 12.5. The summed E-state index contributed by atoms with van der Waals surface area (Å²) in [6.45, 7) is 3.43. The Morgan fingerprint density at radius 2 is 1.65 bits per heavy atom. The molecule has 2 aromatic carbocycles. The second-order valence-electron chi connectivity index (χ2n) is 7.66. The Morgan fingerprint density at radius 3 is 2.42 bits per heavy atom. The molecule has 4 rings (SSSR count). The molecule has 31 heavy (non-hydrogen) atoms. The van der Waals surface area contributed by atoms with Crippen LogP contribution in [0.25, 0.3) is 10.8 Å². The van der Waals surface area contributed by atoms with Crippen molar-refractivity contribution in [1.82, 2.24) is 15.2 Å². The number of amides is 2. The highest BCUT2D eigenvalue weighted by Crippen LogP contribution is 2.16. The van der Waals surface area contributed by atoms with E-state index in [1.54, 1.807) is 24.3 Å². The summed E-state index contributed by atoms with van der Waals surface area (Å²) < 4.78 is 0. The molecule has 7 nitrogen and oxygen atoms in total. The van der Waals surface area contributed by atoms with Gasteiger partial charge in [-0.05, 0) is 36.1 Å². The van der Waals surface area contributed by atoms with Gasteiger partial charge in [-0.3, -0.25) is 14.4 Å². The molecule has 2 amide bonds. The summed E-state index contributed by atoms with van der Waals surface area (Å²) >= 11 is 0. The Balaban J connectivity index is 1.22. The molecular formula is C24H26N4O3. The Bertz CT molecular complexity index is 1120. The topological polar surface area (TPSA) is 85.5 Å². The van der Waals surface area contributed by atoms with E-state index in [2.05, 4.69) is 27.3 Å². The molecule has 1 aliphatic rings. The summed E-state index contributed by atoms with van der Waals surface area (Å²) in [7, 11) is 0. The minimum absolute atomic E-state index is 0.112. The van der Waals surface area contributed by atoms with E-state index in [1.807, 2.05) is 29.2 Å². The molecule has 1 aliphatic heterocycles. The standard InChI is InChI=1S/C24H26N4O3/c29-22(28-15-13-27(14-16-28)19-8-2-1-3-9-19)11-6-12-25-24(31)21-17-18-7-4-5-10-20(18)23(30)26-21/h1-5,7-10,17H,6,11-16H2,(H,25,31)(H,26,30). The zero-order chi connectivity index (χ0) is 21.6.